The molecule has 0 saturated heterocycles. The first-order chi connectivity index (χ1) is 9.21. The van der Waals surface area contributed by atoms with Crippen molar-refractivity contribution in [3.63, 3.8) is 0 Å². The molecule has 3 nitrogen and oxygen atoms in total. The summed E-state index contributed by atoms with van der Waals surface area (Å²) in [4.78, 5) is 25.2. The zero-order valence-corrected chi connectivity index (χ0v) is 14.7. The Bertz CT molecular complexity index is 575. The summed E-state index contributed by atoms with van der Waals surface area (Å²) < 4.78 is 0.376. The Morgan fingerprint density at radius 3 is 2.00 bits per heavy atom. The lowest BCUT2D eigenvalue weighted by molar-refractivity contribution is -0.137. The van der Waals surface area contributed by atoms with E-state index in [1.165, 1.54) is 10.1 Å². The molecule has 2 rings (SSSR count). The molecule has 1 aliphatic rings. The second kappa shape index (κ2) is 5.29. The van der Waals surface area contributed by atoms with E-state index in [9.17, 15) is 9.59 Å². The van der Waals surface area contributed by atoms with Gasteiger partial charge in [-0.25, -0.2) is 0 Å². The summed E-state index contributed by atoms with van der Waals surface area (Å²) in [5.74, 6) is -0.460. The zero-order valence-electron chi connectivity index (χ0n) is 12.2. The molecule has 0 spiro atoms. The van der Waals surface area contributed by atoms with Crippen LogP contribution in [0.1, 0.15) is 12.5 Å². The molecule has 5 heteroatoms. The standard InChI is InChI=1S/C15H18BrNO2Si/c1-10-13(16)15(19)17(14(10)18)9-11-5-7-12(8-6-11)20(2,3)4/h5-8H,9H2,1-4H3. The Kier molecular flexibility index (Phi) is 4.02. The monoisotopic (exact) mass is 351 g/mol. The highest BCUT2D eigenvalue weighted by Crippen LogP contribution is 2.26. The first-order valence-corrected chi connectivity index (χ1v) is 10.8. The van der Waals surface area contributed by atoms with Crippen molar-refractivity contribution >= 4 is 41.0 Å². The van der Waals surface area contributed by atoms with E-state index in [1.807, 2.05) is 12.1 Å². The minimum atomic E-state index is -1.31. The van der Waals surface area contributed by atoms with Gasteiger partial charge in [0.2, 0.25) is 0 Å². The molecule has 0 radical (unpaired) electrons. The number of amides is 2. The number of carbonyl (C=O) groups is 2. The number of nitrogens with zero attached hydrogens (tertiary/aromatic N) is 1. The van der Waals surface area contributed by atoms with Gasteiger partial charge in [0.25, 0.3) is 11.8 Å². The summed E-state index contributed by atoms with van der Waals surface area (Å²) in [5.41, 5.74) is 1.46. The molecule has 0 unspecified atom stereocenters. The van der Waals surface area contributed by atoms with E-state index in [-0.39, 0.29) is 11.8 Å². The summed E-state index contributed by atoms with van der Waals surface area (Å²) in [5, 5.41) is 1.37. The van der Waals surface area contributed by atoms with Crippen molar-refractivity contribution in [2.75, 3.05) is 0 Å². The average Bonchev–Trinajstić information content (AvgIpc) is 2.56. The number of benzene rings is 1. The summed E-state index contributed by atoms with van der Waals surface area (Å²) in [6.07, 6.45) is 0. The first-order valence-electron chi connectivity index (χ1n) is 6.54. The molecule has 0 N–H and O–H groups in total. The summed E-state index contributed by atoms with van der Waals surface area (Å²) in [6, 6.07) is 8.25. The van der Waals surface area contributed by atoms with Crippen LogP contribution in [-0.2, 0) is 16.1 Å². The van der Waals surface area contributed by atoms with Gasteiger partial charge in [-0.3, -0.25) is 14.5 Å². The fourth-order valence-corrected chi connectivity index (χ4v) is 3.65. The van der Waals surface area contributed by atoms with Crippen molar-refractivity contribution < 1.29 is 9.59 Å². The van der Waals surface area contributed by atoms with E-state index in [4.69, 9.17) is 0 Å². The zero-order chi connectivity index (χ0) is 15.1. The van der Waals surface area contributed by atoms with Gasteiger partial charge >= 0.3 is 0 Å². The van der Waals surface area contributed by atoms with E-state index in [0.29, 0.717) is 16.6 Å². The topological polar surface area (TPSA) is 37.4 Å². The maximum absolute atomic E-state index is 12.0. The van der Waals surface area contributed by atoms with E-state index in [2.05, 4.69) is 47.7 Å². The van der Waals surface area contributed by atoms with Crippen LogP contribution in [-0.4, -0.2) is 24.8 Å². The molecule has 1 heterocycles. The molecule has 20 heavy (non-hydrogen) atoms. The highest BCUT2D eigenvalue weighted by atomic mass is 79.9. The van der Waals surface area contributed by atoms with Gasteiger partial charge < -0.3 is 0 Å². The Balaban J connectivity index is 2.17. The van der Waals surface area contributed by atoms with Crippen LogP contribution in [0.5, 0.6) is 0 Å². The lowest BCUT2D eigenvalue weighted by Crippen LogP contribution is -2.37. The van der Waals surface area contributed by atoms with Gasteiger partial charge in [-0.2, -0.15) is 0 Å². The van der Waals surface area contributed by atoms with Crippen LogP contribution in [0.25, 0.3) is 0 Å². The number of rotatable bonds is 3. The molecule has 0 aliphatic carbocycles. The normalized spacial score (nSPS) is 16.4. The predicted octanol–water partition coefficient (Wildman–Crippen LogP) is 2.77. The van der Waals surface area contributed by atoms with Gasteiger partial charge in [0.15, 0.2) is 0 Å². The number of carbonyl (C=O) groups excluding carboxylic acids is 2. The number of imide groups is 1. The number of halogens is 1. The summed E-state index contributed by atoms with van der Waals surface area (Å²) in [7, 11) is -1.31. The van der Waals surface area contributed by atoms with Gasteiger partial charge in [-0.1, -0.05) is 49.1 Å². The van der Waals surface area contributed by atoms with E-state index >= 15 is 0 Å². The van der Waals surface area contributed by atoms with Crippen LogP contribution < -0.4 is 5.19 Å². The Hall–Kier alpha value is -1.20. The van der Waals surface area contributed by atoms with Crippen molar-refractivity contribution in [1.82, 2.24) is 4.90 Å². The van der Waals surface area contributed by atoms with Gasteiger partial charge in [0, 0.05) is 5.57 Å². The average molecular weight is 352 g/mol. The van der Waals surface area contributed by atoms with Crippen LogP contribution in [0.4, 0.5) is 0 Å². The minimum absolute atomic E-state index is 0.212. The van der Waals surface area contributed by atoms with Crippen LogP contribution in [0.15, 0.2) is 34.3 Å². The van der Waals surface area contributed by atoms with E-state index < -0.39 is 8.07 Å². The molecule has 0 saturated carbocycles. The predicted molar refractivity (Wildman–Crippen MR) is 86.6 cm³/mol. The molecule has 2 amide bonds. The quantitative estimate of drug-likeness (QED) is 0.620. The molecular formula is C15H18BrNO2Si. The van der Waals surface area contributed by atoms with Crippen LogP contribution in [0, 0.1) is 0 Å². The molecule has 1 aromatic rings. The van der Waals surface area contributed by atoms with Gasteiger partial charge in [0.1, 0.15) is 0 Å². The summed E-state index contributed by atoms with van der Waals surface area (Å²) >= 11 is 3.17. The lowest BCUT2D eigenvalue weighted by atomic mass is 10.2. The Morgan fingerprint density at radius 2 is 1.60 bits per heavy atom. The Morgan fingerprint density at radius 1 is 1.05 bits per heavy atom. The fourth-order valence-electron chi connectivity index (χ4n) is 2.10. The smallest absolute Gasteiger partial charge is 0.268 e. The molecule has 0 bridgehead atoms. The maximum atomic E-state index is 12.0. The van der Waals surface area contributed by atoms with E-state index in [1.54, 1.807) is 6.92 Å². The van der Waals surface area contributed by atoms with Crippen molar-refractivity contribution in [3.05, 3.63) is 39.9 Å². The molecule has 1 aliphatic heterocycles. The molecular weight excluding hydrogens is 334 g/mol. The van der Waals surface area contributed by atoms with Crippen molar-refractivity contribution in [2.24, 2.45) is 0 Å². The third-order valence-corrected chi connectivity index (χ3v) is 6.49. The second-order valence-electron chi connectivity index (χ2n) is 6.08. The number of hydrogen-bond acceptors (Lipinski definition) is 2. The van der Waals surface area contributed by atoms with Crippen LogP contribution in [0.3, 0.4) is 0 Å². The third kappa shape index (κ3) is 2.78. The van der Waals surface area contributed by atoms with Gasteiger partial charge in [-0.05, 0) is 28.4 Å². The SMILES string of the molecule is CC1=C(Br)C(=O)N(Cc2ccc([Si](C)(C)C)cc2)C1=O. The van der Waals surface area contributed by atoms with Crippen molar-refractivity contribution in [2.45, 2.75) is 33.1 Å². The number of hydrogen-bond donors (Lipinski definition) is 0. The maximum Gasteiger partial charge on any atom is 0.268 e. The summed E-state index contributed by atoms with van der Waals surface area (Å²) in [6.45, 7) is 8.87. The fraction of sp³-hybridized carbons (Fsp3) is 0.333. The highest BCUT2D eigenvalue weighted by molar-refractivity contribution is 9.12. The first kappa shape index (κ1) is 15.2. The van der Waals surface area contributed by atoms with E-state index in [0.717, 1.165) is 5.56 Å². The van der Waals surface area contributed by atoms with Crippen LogP contribution in [0.2, 0.25) is 19.6 Å². The molecule has 0 fully saturated rings. The molecule has 0 atom stereocenters. The second-order valence-corrected chi connectivity index (χ2v) is 12.0. The largest absolute Gasteiger partial charge is 0.270 e. The van der Waals surface area contributed by atoms with Gasteiger partial charge in [0.05, 0.1) is 19.1 Å². The van der Waals surface area contributed by atoms with Crippen molar-refractivity contribution in [1.29, 1.82) is 0 Å². The van der Waals surface area contributed by atoms with Gasteiger partial charge in [-0.15, -0.1) is 0 Å². The van der Waals surface area contributed by atoms with Crippen LogP contribution >= 0.6 is 15.9 Å². The Labute approximate surface area is 128 Å². The highest BCUT2D eigenvalue weighted by Gasteiger charge is 2.34. The van der Waals surface area contributed by atoms with Crippen molar-refractivity contribution in [3.8, 4) is 0 Å². The molecule has 1 aromatic carbocycles. The third-order valence-electron chi connectivity index (χ3n) is 3.49. The molecule has 0 aromatic heterocycles. The minimum Gasteiger partial charge on any atom is -0.270 e. The lowest BCUT2D eigenvalue weighted by Gasteiger charge is -2.18. The molecule has 106 valence electrons.